The molecule has 0 aliphatic carbocycles. The molecule has 4 heterocycles. The normalized spacial score (nSPS) is 26.1. The average molecular weight is 409 g/mol. The Morgan fingerprint density at radius 1 is 1.17 bits per heavy atom. The molecule has 0 saturated carbocycles. The van der Waals surface area contributed by atoms with Crippen molar-refractivity contribution in [3.05, 3.63) is 23.4 Å². The van der Waals surface area contributed by atoms with Gasteiger partial charge in [0.05, 0.1) is 32.5 Å². The summed E-state index contributed by atoms with van der Waals surface area (Å²) in [5.41, 5.74) is 5.64. The van der Waals surface area contributed by atoms with Gasteiger partial charge in [0.1, 0.15) is 11.7 Å². The third-order valence-corrected chi connectivity index (χ3v) is 5.17. The van der Waals surface area contributed by atoms with Crippen molar-refractivity contribution < 1.29 is 18.3 Å². The Morgan fingerprint density at radius 2 is 1.93 bits per heavy atom. The number of halogens is 2. The molecule has 3 N–H and O–H groups in total. The molecule has 1 aromatic rings. The van der Waals surface area contributed by atoms with Crippen LogP contribution in [0.15, 0.2) is 22.2 Å². The smallest absolute Gasteiger partial charge is 0.264 e. The second kappa shape index (κ2) is 8.56. The molecule has 1 aromatic heterocycles. The lowest BCUT2D eigenvalue weighted by molar-refractivity contribution is 0.0167. The molecule has 9 nitrogen and oxygen atoms in total. The second-order valence-corrected chi connectivity index (χ2v) is 7.16. The van der Waals surface area contributed by atoms with Crippen LogP contribution in [0.25, 0.3) is 0 Å². The van der Waals surface area contributed by atoms with Gasteiger partial charge in [-0.2, -0.15) is 0 Å². The van der Waals surface area contributed by atoms with E-state index in [1.165, 1.54) is 12.3 Å². The lowest BCUT2D eigenvalue weighted by atomic mass is 10.1. The number of alkyl halides is 2. The molecular formula is C18H25F2N7O2. The lowest BCUT2D eigenvalue weighted by Gasteiger charge is -2.39. The maximum Gasteiger partial charge on any atom is 0.264 e. The van der Waals surface area contributed by atoms with E-state index in [-0.39, 0.29) is 23.0 Å². The fourth-order valence-corrected chi connectivity index (χ4v) is 3.59. The zero-order chi connectivity index (χ0) is 20.4. The van der Waals surface area contributed by atoms with Crippen LogP contribution in [0.2, 0.25) is 0 Å². The molecule has 0 spiro atoms. The fourth-order valence-electron chi connectivity index (χ4n) is 3.59. The number of nitrogen functional groups attached to an aromatic ring is 1. The van der Waals surface area contributed by atoms with E-state index in [9.17, 15) is 8.78 Å². The number of ether oxygens (including phenoxy) is 2. The zero-order valence-corrected chi connectivity index (χ0v) is 16.2. The maximum absolute atomic E-state index is 13.7. The minimum atomic E-state index is -2.70. The predicted molar refractivity (Wildman–Crippen MR) is 104 cm³/mol. The quantitative estimate of drug-likeness (QED) is 0.756. The van der Waals surface area contributed by atoms with Crippen LogP contribution in [-0.4, -0.2) is 85.0 Å². The van der Waals surface area contributed by atoms with Crippen molar-refractivity contribution in [2.24, 2.45) is 9.98 Å². The summed E-state index contributed by atoms with van der Waals surface area (Å²) in [6.45, 7) is 6.33. The Morgan fingerprint density at radius 3 is 2.66 bits per heavy atom. The number of aliphatic imine (C=N–C) groups is 2. The van der Waals surface area contributed by atoms with Crippen molar-refractivity contribution in [1.29, 1.82) is 0 Å². The van der Waals surface area contributed by atoms with Crippen LogP contribution in [0.5, 0.6) is 0 Å². The van der Waals surface area contributed by atoms with Crippen LogP contribution in [0.4, 0.5) is 14.6 Å². The summed E-state index contributed by atoms with van der Waals surface area (Å²) < 4.78 is 38.3. The first-order chi connectivity index (χ1) is 14.0. The van der Waals surface area contributed by atoms with Crippen LogP contribution in [0, 0.1) is 0 Å². The van der Waals surface area contributed by atoms with Crippen molar-refractivity contribution >= 4 is 17.6 Å². The topological polar surface area (TPSA) is 101 Å². The molecule has 11 heteroatoms. The first kappa shape index (κ1) is 19.9. The van der Waals surface area contributed by atoms with Gasteiger partial charge in [-0.15, -0.1) is 0 Å². The molecular weight excluding hydrogens is 384 g/mol. The van der Waals surface area contributed by atoms with Crippen molar-refractivity contribution in [2.45, 2.75) is 25.7 Å². The number of pyridine rings is 1. The third-order valence-electron chi connectivity index (χ3n) is 5.17. The lowest BCUT2D eigenvalue weighted by Crippen LogP contribution is -2.57. The van der Waals surface area contributed by atoms with Gasteiger partial charge in [0.2, 0.25) is 12.2 Å². The van der Waals surface area contributed by atoms with Crippen LogP contribution in [0.3, 0.4) is 0 Å². The molecule has 0 amide bonds. The van der Waals surface area contributed by atoms with Crippen molar-refractivity contribution in [1.82, 2.24) is 20.1 Å². The minimum absolute atomic E-state index is 0.0425. The van der Waals surface area contributed by atoms with Gasteiger partial charge in [-0.1, -0.05) is 0 Å². The van der Waals surface area contributed by atoms with E-state index < -0.39 is 12.7 Å². The van der Waals surface area contributed by atoms with Gasteiger partial charge in [-0.3, -0.25) is 4.90 Å². The summed E-state index contributed by atoms with van der Waals surface area (Å²) in [5, 5.41) is 3.15. The number of nitrogens with one attached hydrogen (secondary N) is 1. The molecule has 4 rings (SSSR count). The molecule has 0 aromatic carbocycles. The van der Waals surface area contributed by atoms with Crippen molar-refractivity contribution in [3.8, 4) is 0 Å². The van der Waals surface area contributed by atoms with Gasteiger partial charge in [-0.25, -0.2) is 23.7 Å². The molecule has 158 valence electrons. The maximum atomic E-state index is 13.7. The van der Waals surface area contributed by atoms with Crippen LogP contribution in [-0.2, 0) is 9.47 Å². The highest BCUT2D eigenvalue weighted by atomic mass is 19.3. The highest BCUT2D eigenvalue weighted by Gasteiger charge is 2.31. The van der Waals surface area contributed by atoms with E-state index in [0.29, 0.717) is 57.9 Å². The van der Waals surface area contributed by atoms with Crippen LogP contribution < -0.4 is 11.1 Å². The standard InChI is InChI=1S/C18H25F2N7O2/c1-11-10-29-7-4-27(11)18-24-16(13-9-22-14(21)8-12(13)15(19)20)23-17(25-18)26-2-5-28-6-3-26/h8-9,11,15,17H,2-7,10H2,1H3,(H2,21,22)(H,23,24,25)/t11-,17?/m0/s1. The van der Waals surface area contributed by atoms with Gasteiger partial charge in [0, 0.05) is 37.0 Å². The number of hydrogen-bond acceptors (Lipinski definition) is 9. The molecule has 0 radical (unpaired) electrons. The molecule has 0 bridgehead atoms. The molecule has 1 unspecified atom stereocenters. The van der Waals surface area contributed by atoms with Gasteiger partial charge in [-0.05, 0) is 13.0 Å². The number of amidine groups is 1. The van der Waals surface area contributed by atoms with E-state index in [2.05, 4.69) is 25.1 Å². The van der Waals surface area contributed by atoms with E-state index in [1.54, 1.807) is 0 Å². The van der Waals surface area contributed by atoms with E-state index in [4.69, 9.17) is 20.2 Å². The minimum Gasteiger partial charge on any atom is -0.384 e. The Kier molecular flexibility index (Phi) is 5.88. The number of nitrogens with zero attached hydrogens (tertiary/aromatic N) is 5. The van der Waals surface area contributed by atoms with E-state index in [0.717, 1.165) is 0 Å². The summed E-state index contributed by atoms with van der Waals surface area (Å²) in [4.78, 5) is 17.6. The van der Waals surface area contributed by atoms with E-state index >= 15 is 0 Å². The number of rotatable bonds is 3. The number of nitrogens with two attached hydrogens (primary N) is 1. The summed E-state index contributed by atoms with van der Waals surface area (Å²) in [6, 6.07) is 1.29. The number of aromatic nitrogens is 1. The van der Waals surface area contributed by atoms with Crippen LogP contribution in [0.1, 0.15) is 24.5 Å². The first-order valence-corrected chi connectivity index (χ1v) is 9.65. The first-order valence-electron chi connectivity index (χ1n) is 9.65. The highest BCUT2D eigenvalue weighted by molar-refractivity contribution is 6.10. The fraction of sp³-hybridized carbons (Fsp3) is 0.611. The molecule has 3 aliphatic heterocycles. The number of anilines is 1. The molecule has 3 aliphatic rings. The molecule has 2 atom stereocenters. The predicted octanol–water partition coefficient (Wildman–Crippen LogP) is 0.644. The largest absolute Gasteiger partial charge is 0.384 e. The second-order valence-electron chi connectivity index (χ2n) is 7.16. The Labute approximate surface area is 167 Å². The highest BCUT2D eigenvalue weighted by Crippen LogP contribution is 2.26. The Balaban J connectivity index is 1.70. The zero-order valence-electron chi connectivity index (χ0n) is 16.2. The SMILES string of the molecule is C[C@H]1COCCN1C1=NC(N2CCOCC2)N=C(c2cnc(N)cc2C(F)F)N1. The van der Waals surface area contributed by atoms with Crippen LogP contribution >= 0.6 is 0 Å². The van der Waals surface area contributed by atoms with Gasteiger partial charge >= 0.3 is 0 Å². The number of guanidine groups is 1. The van der Waals surface area contributed by atoms with Gasteiger partial charge in [0.25, 0.3) is 6.43 Å². The molecule has 2 fully saturated rings. The van der Waals surface area contributed by atoms with Gasteiger partial charge in [0.15, 0.2) is 0 Å². The molecule has 2 saturated heterocycles. The Bertz CT molecular complexity index is 798. The summed E-state index contributed by atoms with van der Waals surface area (Å²) >= 11 is 0. The van der Waals surface area contributed by atoms with Crippen molar-refractivity contribution in [3.63, 3.8) is 0 Å². The summed E-state index contributed by atoms with van der Waals surface area (Å²) in [5.74, 6) is 0.952. The third kappa shape index (κ3) is 4.31. The molecule has 29 heavy (non-hydrogen) atoms. The number of morpholine rings is 2. The monoisotopic (exact) mass is 409 g/mol. The van der Waals surface area contributed by atoms with E-state index in [1.807, 2.05) is 6.92 Å². The van der Waals surface area contributed by atoms with Gasteiger partial charge < -0.3 is 25.4 Å². The van der Waals surface area contributed by atoms with Crippen molar-refractivity contribution in [2.75, 3.05) is 51.8 Å². The Hall–Kier alpha value is -2.37. The average Bonchev–Trinajstić information content (AvgIpc) is 2.74. The number of hydrogen-bond donors (Lipinski definition) is 2. The summed E-state index contributed by atoms with van der Waals surface area (Å²) in [7, 11) is 0. The summed E-state index contributed by atoms with van der Waals surface area (Å²) in [6.07, 6.45) is -1.89.